The van der Waals surface area contributed by atoms with E-state index in [2.05, 4.69) is 21.1 Å². The van der Waals surface area contributed by atoms with Gasteiger partial charge in [0.25, 0.3) is 0 Å². The molecule has 3 heterocycles. The maximum atomic E-state index is 5.54. The van der Waals surface area contributed by atoms with Gasteiger partial charge in [0, 0.05) is 31.9 Å². The monoisotopic (exact) mass is 245 g/mol. The lowest BCUT2D eigenvalue weighted by Crippen LogP contribution is -2.29. The molecule has 18 heavy (non-hydrogen) atoms. The van der Waals surface area contributed by atoms with Crippen LogP contribution in [0.25, 0.3) is 0 Å². The number of fused-ring (bicyclic) bond motifs is 1. The highest BCUT2D eigenvalue weighted by atomic mass is 16.3. The Bertz CT molecular complexity index is 515. The van der Waals surface area contributed by atoms with E-state index in [1.54, 1.807) is 0 Å². The molecule has 0 amide bonds. The first-order valence-corrected chi connectivity index (χ1v) is 6.57. The zero-order valence-corrected chi connectivity index (χ0v) is 10.7. The van der Waals surface area contributed by atoms with Gasteiger partial charge in [-0.25, -0.2) is 4.98 Å². The van der Waals surface area contributed by atoms with Gasteiger partial charge in [-0.1, -0.05) is 0 Å². The summed E-state index contributed by atoms with van der Waals surface area (Å²) in [5.74, 6) is 3.93. The Morgan fingerprint density at radius 1 is 1.50 bits per heavy atom. The van der Waals surface area contributed by atoms with E-state index in [0.29, 0.717) is 5.92 Å². The van der Waals surface area contributed by atoms with Gasteiger partial charge in [-0.2, -0.15) is 0 Å². The van der Waals surface area contributed by atoms with E-state index in [1.807, 2.05) is 25.3 Å². The number of rotatable bonds is 4. The highest BCUT2D eigenvalue weighted by molar-refractivity contribution is 5.05. The zero-order valence-electron chi connectivity index (χ0n) is 10.7. The summed E-state index contributed by atoms with van der Waals surface area (Å²) >= 11 is 0. The van der Waals surface area contributed by atoms with Gasteiger partial charge in [-0.15, -0.1) is 0 Å². The largest absolute Gasteiger partial charge is 0.465 e. The molecule has 2 aromatic rings. The van der Waals surface area contributed by atoms with E-state index < -0.39 is 0 Å². The molecule has 1 aliphatic rings. The number of hydrogen-bond acceptors (Lipinski definition) is 3. The van der Waals surface area contributed by atoms with Crippen LogP contribution in [0.1, 0.15) is 23.8 Å². The van der Waals surface area contributed by atoms with Crippen molar-refractivity contribution in [3.8, 4) is 0 Å². The lowest BCUT2D eigenvalue weighted by molar-refractivity contribution is 0.340. The third-order valence-corrected chi connectivity index (χ3v) is 3.56. The van der Waals surface area contributed by atoms with Gasteiger partial charge >= 0.3 is 0 Å². The molecule has 1 aliphatic heterocycles. The molecule has 0 saturated heterocycles. The molecule has 0 aliphatic carbocycles. The molecule has 1 unspecified atom stereocenters. The third-order valence-electron chi connectivity index (χ3n) is 3.56. The Labute approximate surface area is 107 Å². The predicted molar refractivity (Wildman–Crippen MR) is 69.2 cm³/mol. The van der Waals surface area contributed by atoms with Crippen LogP contribution in [0, 0.1) is 12.8 Å². The standard InChI is InChI=1S/C14H19N3O/c1-11-2-4-13(18-11)9-15-8-12-3-5-14-16-6-7-17(14)10-12/h2,4,6-7,12,15H,3,5,8-10H2,1H3. The topological polar surface area (TPSA) is 43.0 Å². The summed E-state index contributed by atoms with van der Waals surface area (Å²) < 4.78 is 7.81. The summed E-state index contributed by atoms with van der Waals surface area (Å²) in [5, 5.41) is 3.48. The maximum Gasteiger partial charge on any atom is 0.117 e. The first-order valence-electron chi connectivity index (χ1n) is 6.57. The van der Waals surface area contributed by atoms with E-state index in [9.17, 15) is 0 Å². The van der Waals surface area contributed by atoms with Crippen molar-refractivity contribution in [3.05, 3.63) is 41.9 Å². The number of aryl methyl sites for hydroxylation is 2. The summed E-state index contributed by atoms with van der Waals surface area (Å²) in [5.41, 5.74) is 0. The lowest BCUT2D eigenvalue weighted by atomic mass is 9.99. The van der Waals surface area contributed by atoms with Crippen molar-refractivity contribution >= 4 is 0 Å². The predicted octanol–water partition coefficient (Wildman–Crippen LogP) is 2.14. The summed E-state index contributed by atoms with van der Waals surface area (Å²) in [6, 6.07) is 4.05. The fourth-order valence-corrected chi connectivity index (χ4v) is 2.58. The third kappa shape index (κ3) is 2.48. The quantitative estimate of drug-likeness (QED) is 0.897. The molecule has 0 fully saturated rings. The van der Waals surface area contributed by atoms with E-state index >= 15 is 0 Å². The Balaban J connectivity index is 1.47. The van der Waals surface area contributed by atoms with Crippen LogP contribution in [0.15, 0.2) is 28.9 Å². The van der Waals surface area contributed by atoms with E-state index in [0.717, 1.165) is 37.6 Å². The average Bonchev–Trinajstić information content (AvgIpc) is 2.97. The van der Waals surface area contributed by atoms with Gasteiger partial charge in [-0.3, -0.25) is 0 Å². The minimum atomic E-state index is 0.697. The van der Waals surface area contributed by atoms with E-state index in [1.165, 1.54) is 12.2 Å². The molecule has 1 N–H and O–H groups in total. The minimum Gasteiger partial charge on any atom is -0.465 e. The zero-order chi connectivity index (χ0) is 12.4. The molecule has 0 spiro atoms. The van der Waals surface area contributed by atoms with Crippen LogP contribution in [0.5, 0.6) is 0 Å². The smallest absolute Gasteiger partial charge is 0.117 e. The van der Waals surface area contributed by atoms with Gasteiger partial charge in [-0.05, 0) is 31.4 Å². The fraction of sp³-hybridized carbons (Fsp3) is 0.500. The number of nitrogens with zero attached hydrogens (tertiary/aromatic N) is 2. The van der Waals surface area contributed by atoms with Crippen molar-refractivity contribution in [2.24, 2.45) is 5.92 Å². The first-order chi connectivity index (χ1) is 8.81. The van der Waals surface area contributed by atoms with Crippen LogP contribution in [0.4, 0.5) is 0 Å². The molecule has 2 aromatic heterocycles. The van der Waals surface area contributed by atoms with Crippen LogP contribution in [-0.2, 0) is 19.5 Å². The van der Waals surface area contributed by atoms with Gasteiger partial charge in [0.2, 0.25) is 0 Å². The Kier molecular flexibility index (Phi) is 3.19. The van der Waals surface area contributed by atoms with Crippen LogP contribution in [0.2, 0.25) is 0 Å². The second kappa shape index (κ2) is 4.98. The van der Waals surface area contributed by atoms with Gasteiger partial charge < -0.3 is 14.3 Å². The Morgan fingerprint density at radius 3 is 3.28 bits per heavy atom. The highest BCUT2D eigenvalue weighted by Crippen LogP contribution is 2.18. The fourth-order valence-electron chi connectivity index (χ4n) is 2.58. The Morgan fingerprint density at radius 2 is 2.44 bits per heavy atom. The highest BCUT2D eigenvalue weighted by Gasteiger charge is 2.18. The summed E-state index contributed by atoms with van der Waals surface area (Å²) in [6.45, 7) is 4.92. The number of aromatic nitrogens is 2. The molecular formula is C14H19N3O. The summed E-state index contributed by atoms with van der Waals surface area (Å²) in [6.07, 6.45) is 6.30. The van der Waals surface area contributed by atoms with Crippen LogP contribution >= 0.6 is 0 Å². The Hall–Kier alpha value is -1.55. The van der Waals surface area contributed by atoms with Crippen molar-refractivity contribution in [2.45, 2.75) is 32.9 Å². The molecule has 4 heteroatoms. The maximum absolute atomic E-state index is 5.54. The molecule has 0 radical (unpaired) electrons. The number of furan rings is 1. The number of nitrogens with one attached hydrogen (secondary N) is 1. The van der Waals surface area contributed by atoms with Crippen LogP contribution < -0.4 is 5.32 Å². The van der Waals surface area contributed by atoms with E-state index in [4.69, 9.17) is 4.42 Å². The summed E-state index contributed by atoms with van der Waals surface area (Å²) in [7, 11) is 0. The molecule has 0 saturated carbocycles. The van der Waals surface area contributed by atoms with E-state index in [-0.39, 0.29) is 0 Å². The van der Waals surface area contributed by atoms with Crippen molar-refractivity contribution in [1.29, 1.82) is 0 Å². The van der Waals surface area contributed by atoms with Crippen molar-refractivity contribution in [2.75, 3.05) is 6.54 Å². The van der Waals surface area contributed by atoms with Crippen LogP contribution in [-0.4, -0.2) is 16.1 Å². The second-order valence-corrected chi connectivity index (χ2v) is 5.04. The molecule has 3 rings (SSSR count). The average molecular weight is 245 g/mol. The first kappa shape index (κ1) is 11.5. The molecular weight excluding hydrogens is 226 g/mol. The molecule has 0 aromatic carbocycles. The van der Waals surface area contributed by atoms with Crippen molar-refractivity contribution in [1.82, 2.24) is 14.9 Å². The molecule has 0 bridgehead atoms. The normalized spacial score (nSPS) is 18.8. The number of hydrogen-bond donors (Lipinski definition) is 1. The van der Waals surface area contributed by atoms with Gasteiger partial charge in [0.1, 0.15) is 17.3 Å². The summed E-state index contributed by atoms with van der Waals surface area (Å²) in [4.78, 5) is 4.35. The van der Waals surface area contributed by atoms with Crippen molar-refractivity contribution < 1.29 is 4.42 Å². The van der Waals surface area contributed by atoms with Crippen molar-refractivity contribution in [3.63, 3.8) is 0 Å². The minimum absolute atomic E-state index is 0.697. The van der Waals surface area contributed by atoms with Gasteiger partial charge in [0.15, 0.2) is 0 Å². The van der Waals surface area contributed by atoms with Crippen LogP contribution in [0.3, 0.4) is 0 Å². The molecule has 96 valence electrons. The SMILES string of the molecule is Cc1ccc(CNCC2CCc3nccn3C2)o1. The number of imidazole rings is 1. The lowest BCUT2D eigenvalue weighted by Gasteiger charge is -2.23. The second-order valence-electron chi connectivity index (χ2n) is 5.04. The van der Waals surface area contributed by atoms with Gasteiger partial charge in [0.05, 0.1) is 6.54 Å². The molecule has 4 nitrogen and oxygen atoms in total. The molecule has 1 atom stereocenters.